The fourth-order valence-corrected chi connectivity index (χ4v) is 1.65. The average Bonchev–Trinajstić information content (AvgIpc) is 1.84. The normalized spacial score (nSPS) is 31.1. The highest BCUT2D eigenvalue weighted by atomic mass is 79.9. The minimum absolute atomic E-state index is 0. The van der Waals surface area contributed by atoms with E-state index in [1.54, 1.807) is 0 Å². The molecule has 2 heteroatoms. The third kappa shape index (κ3) is 2.19. The van der Waals surface area contributed by atoms with Gasteiger partial charge in [-0.25, -0.2) is 0 Å². The summed E-state index contributed by atoms with van der Waals surface area (Å²) in [5, 5.41) is 0. The number of likely N-dealkylation sites (tertiary alicyclic amines) is 1. The van der Waals surface area contributed by atoms with Gasteiger partial charge in [0, 0.05) is 5.54 Å². The first-order valence-corrected chi connectivity index (χ1v) is 4.26. The molecule has 68 valence electrons. The molecule has 11 heavy (non-hydrogen) atoms. The lowest BCUT2D eigenvalue weighted by atomic mass is 9.81. The average molecular weight is 222 g/mol. The second-order valence-electron chi connectivity index (χ2n) is 4.12. The first kappa shape index (κ1) is 11.4. The van der Waals surface area contributed by atoms with Crippen molar-refractivity contribution in [1.29, 1.82) is 0 Å². The molecular weight excluding hydrogens is 202 g/mol. The van der Waals surface area contributed by atoms with Crippen LogP contribution >= 0.6 is 17.0 Å². The van der Waals surface area contributed by atoms with Crippen molar-refractivity contribution >= 4 is 17.0 Å². The maximum atomic E-state index is 2.47. The third-order valence-corrected chi connectivity index (χ3v) is 3.32. The molecule has 1 aliphatic rings. The van der Waals surface area contributed by atoms with Crippen molar-refractivity contribution in [1.82, 2.24) is 4.90 Å². The molecule has 1 rings (SSSR count). The Morgan fingerprint density at radius 2 is 1.91 bits per heavy atom. The Morgan fingerprint density at radius 1 is 1.36 bits per heavy atom. The highest BCUT2D eigenvalue weighted by Gasteiger charge is 2.32. The van der Waals surface area contributed by atoms with E-state index in [1.807, 2.05) is 0 Å². The van der Waals surface area contributed by atoms with Gasteiger partial charge in [-0.05, 0) is 46.2 Å². The van der Waals surface area contributed by atoms with Gasteiger partial charge in [0.05, 0.1) is 0 Å². The summed E-state index contributed by atoms with van der Waals surface area (Å²) in [6.45, 7) is 8.32. The van der Waals surface area contributed by atoms with Crippen LogP contribution in [-0.4, -0.2) is 24.0 Å². The summed E-state index contributed by atoms with van der Waals surface area (Å²) in [7, 11) is 2.23. The molecule has 0 aromatic rings. The molecule has 1 saturated heterocycles. The molecule has 1 aliphatic heterocycles. The molecule has 1 nitrogen and oxygen atoms in total. The summed E-state index contributed by atoms with van der Waals surface area (Å²) in [6.07, 6.45) is 2.78. The molecule has 0 spiro atoms. The van der Waals surface area contributed by atoms with Gasteiger partial charge in [-0.2, -0.15) is 0 Å². The van der Waals surface area contributed by atoms with Crippen molar-refractivity contribution in [2.45, 2.75) is 39.2 Å². The van der Waals surface area contributed by atoms with E-state index in [-0.39, 0.29) is 17.0 Å². The molecule has 0 bridgehead atoms. The summed E-state index contributed by atoms with van der Waals surface area (Å²) >= 11 is 0. The summed E-state index contributed by atoms with van der Waals surface area (Å²) in [6, 6.07) is 0. The van der Waals surface area contributed by atoms with Crippen LogP contribution in [0.25, 0.3) is 0 Å². The van der Waals surface area contributed by atoms with Crippen LogP contribution in [0.1, 0.15) is 33.6 Å². The van der Waals surface area contributed by atoms with Gasteiger partial charge < -0.3 is 4.90 Å². The Hall–Kier alpha value is 0.440. The lowest BCUT2D eigenvalue weighted by Crippen LogP contribution is -2.49. The lowest BCUT2D eigenvalue weighted by molar-refractivity contribution is 0.0547. The van der Waals surface area contributed by atoms with Crippen molar-refractivity contribution in [2.24, 2.45) is 5.92 Å². The van der Waals surface area contributed by atoms with Gasteiger partial charge in [0.1, 0.15) is 0 Å². The largest absolute Gasteiger partial charge is 0.301 e. The van der Waals surface area contributed by atoms with Crippen molar-refractivity contribution in [2.75, 3.05) is 13.6 Å². The first-order valence-electron chi connectivity index (χ1n) is 4.26. The topological polar surface area (TPSA) is 3.24 Å². The zero-order valence-corrected chi connectivity index (χ0v) is 9.77. The van der Waals surface area contributed by atoms with Gasteiger partial charge in [0.15, 0.2) is 0 Å². The minimum atomic E-state index is 0. The molecule has 1 atom stereocenters. The van der Waals surface area contributed by atoms with E-state index in [1.165, 1.54) is 19.4 Å². The molecule has 0 saturated carbocycles. The van der Waals surface area contributed by atoms with Gasteiger partial charge in [0.25, 0.3) is 0 Å². The van der Waals surface area contributed by atoms with E-state index in [0.717, 1.165) is 5.92 Å². The molecule has 0 aromatic carbocycles. The molecule has 0 radical (unpaired) electrons. The van der Waals surface area contributed by atoms with Crippen molar-refractivity contribution in [3.63, 3.8) is 0 Å². The second kappa shape index (κ2) is 3.90. The zero-order chi connectivity index (χ0) is 7.78. The molecule has 1 unspecified atom stereocenters. The Kier molecular flexibility index (Phi) is 4.06. The molecule has 0 amide bonds. The van der Waals surface area contributed by atoms with Crippen molar-refractivity contribution in [3.8, 4) is 0 Å². The van der Waals surface area contributed by atoms with Gasteiger partial charge >= 0.3 is 0 Å². The fourth-order valence-electron chi connectivity index (χ4n) is 1.65. The summed E-state index contributed by atoms with van der Waals surface area (Å²) in [5.74, 6) is 0.853. The highest BCUT2D eigenvalue weighted by Crippen LogP contribution is 2.30. The molecule has 0 aliphatic carbocycles. The molecule has 1 fully saturated rings. The molecule has 0 aromatic heterocycles. The number of piperidine rings is 1. The number of hydrogen-bond donors (Lipinski definition) is 0. The van der Waals surface area contributed by atoms with E-state index >= 15 is 0 Å². The summed E-state index contributed by atoms with van der Waals surface area (Å²) in [4.78, 5) is 2.47. The Balaban J connectivity index is 0.000001000. The predicted molar refractivity (Wildman–Crippen MR) is 55.4 cm³/mol. The van der Waals surface area contributed by atoms with Crippen LogP contribution in [0.2, 0.25) is 0 Å². The van der Waals surface area contributed by atoms with Crippen molar-refractivity contribution in [3.05, 3.63) is 0 Å². The van der Waals surface area contributed by atoms with E-state index < -0.39 is 0 Å². The monoisotopic (exact) mass is 221 g/mol. The maximum absolute atomic E-state index is 2.47. The van der Waals surface area contributed by atoms with Crippen LogP contribution in [0.3, 0.4) is 0 Å². The molecule has 1 heterocycles. The summed E-state index contributed by atoms with van der Waals surface area (Å²) in [5.41, 5.74) is 0.429. The number of rotatable bonds is 0. The SMILES string of the molecule is Br.CC1CCCN(C)C1(C)C. The van der Waals surface area contributed by atoms with Gasteiger partial charge in [0.2, 0.25) is 0 Å². The van der Waals surface area contributed by atoms with Crippen LogP contribution in [0.15, 0.2) is 0 Å². The van der Waals surface area contributed by atoms with Crippen LogP contribution in [0.5, 0.6) is 0 Å². The Labute approximate surface area is 80.9 Å². The van der Waals surface area contributed by atoms with E-state index in [2.05, 4.69) is 32.7 Å². The third-order valence-electron chi connectivity index (χ3n) is 3.32. The van der Waals surface area contributed by atoms with Crippen LogP contribution in [0, 0.1) is 5.92 Å². The smallest absolute Gasteiger partial charge is 0.0175 e. The van der Waals surface area contributed by atoms with E-state index in [0.29, 0.717) is 5.54 Å². The molecule has 0 N–H and O–H groups in total. The number of halogens is 1. The number of hydrogen-bond acceptors (Lipinski definition) is 1. The Morgan fingerprint density at radius 3 is 2.27 bits per heavy atom. The number of nitrogens with zero attached hydrogens (tertiary/aromatic N) is 1. The van der Waals surface area contributed by atoms with Gasteiger partial charge in [-0.3, -0.25) is 0 Å². The highest BCUT2D eigenvalue weighted by molar-refractivity contribution is 8.93. The van der Waals surface area contributed by atoms with E-state index in [9.17, 15) is 0 Å². The summed E-state index contributed by atoms with van der Waals surface area (Å²) < 4.78 is 0. The minimum Gasteiger partial charge on any atom is -0.301 e. The standard InChI is InChI=1S/C9H19N.BrH/c1-8-6-5-7-10(4)9(8,2)3;/h8H,5-7H2,1-4H3;1H. The second-order valence-corrected chi connectivity index (χ2v) is 4.12. The van der Waals surface area contributed by atoms with Crippen LogP contribution in [-0.2, 0) is 0 Å². The van der Waals surface area contributed by atoms with Crippen LogP contribution < -0.4 is 0 Å². The van der Waals surface area contributed by atoms with Gasteiger partial charge in [-0.1, -0.05) is 6.92 Å². The zero-order valence-electron chi connectivity index (χ0n) is 8.05. The maximum Gasteiger partial charge on any atom is 0.0175 e. The Bertz CT molecular complexity index is 111. The predicted octanol–water partition coefficient (Wildman–Crippen LogP) is 2.70. The lowest BCUT2D eigenvalue weighted by Gasteiger charge is -2.44. The van der Waals surface area contributed by atoms with Crippen molar-refractivity contribution < 1.29 is 0 Å². The molecular formula is C9H20BrN. The fraction of sp³-hybridized carbons (Fsp3) is 1.00. The van der Waals surface area contributed by atoms with Crippen LogP contribution in [0.4, 0.5) is 0 Å². The van der Waals surface area contributed by atoms with Gasteiger partial charge in [-0.15, -0.1) is 17.0 Å². The first-order chi connectivity index (χ1) is 4.55. The van der Waals surface area contributed by atoms with E-state index in [4.69, 9.17) is 0 Å². The quantitative estimate of drug-likeness (QED) is 0.609.